The Morgan fingerprint density at radius 2 is 1.75 bits per heavy atom. The van der Waals surface area contributed by atoms with Crippen LogP contribution in [-0.2, 0) is 10.0 Å². The molecule has 1 aliphatic carbocycles. The Kier molecular flexibility index (Phi) is 5.55. The number of halogens is 2. The number of hydrogen-bond acceptors (Lipinski definition) is 3. The largest absolute Gasteiger partial charge is 0.314 e. The summed E-state index contributed by atoms with van der Waals surface area (Å²) in [5.41, 5.74) is 0.401. The van der Waals surface area contributed by atoms with Crippen LogP contribution < -0.4 is 10.0 Å². The number of nitrogens with one attached hydrogen (secondary N) is 2. The van der Waals surface area contributed by atoms with Crippen molar-refractivity contribution >= 4 is 38.9 Å². The van der Waals surface area contributed by atoms with Crippen LogP contribution in [-0.4, -0.2) is 26.8 Å². The molecule has 1 fully saturated rings. The molecule has 0 aliphatic heterocycles. The number of rotatable bonds is 8. The van der Waals surface area contributed by atoms with E-state index in [9.17, 15) is 8.42 Å². The molecule has 2 N–H and O–H groups in total. The highest BCUT2D eigenvalue weighted by Crippen LogP contribution is 2.23. The Balaban J connectivity index is 1.77. The van der Waals surface area contributed by atoms with Gasteiger partial charge in [-0.1, -0.05) is 23.2 Å². The van der Waals surface area contributed by atoms with E-state index in [2.05, 4.69) is 10.0 Å². The number of hydrogen-bond donors (Lipinski definition) is 2. The fourth-order valence-electron chi connectivity index (χ4n) is 1.85. The zero-order valence-corrected chi connectivity index (χ0v) is 13.4. The summed E-state index contributed by atoms with van der Waals surface area (Å²) in [5.74, 6) is 0.101. The first kappa shape index (κ1) is 15.9. The molecule has 1 aromatic carbocycles. The van der Waals surface area contributed by atoms with Gasteiger partial charge in [0.1, 0.15) is 0 Å². The van der Waals surface area contributed by atoms with Gasteiger partial charge in [-0.3, -0.25) is 4.72 Å². The van der Waals surface area contributed by atoms with E-state index >= 15 is 0 Å². The third kappa shape index (κ3) is 5.87. The van der Waals surface area contributed by atoms with E-state index in [0.717, 1.165) is 13.0 Å². The highest BCUT2D eigenvalue weighted by Gasteiger charge is 2.19. The van der Waals surface area contributed by atoms with Crippen molar-refractivity contribution in [2.75, 3.05) is 17.0 Å². The molecule has 2 rings (SSSR count). The van der Waals surface area contributed by atoms with Crippen LogP contribution in [0.2, 0.25) is 10.0 Å². The van der Waals surface area contributed by atoms with Crippen LogP contribution >= 0.6 is 23.2 Å². The predicted molar refractivity (Wildman–Crippen MR) is 84.1 cm³/mol. The first-order valence-corrected chi connectivity index (χ1v) is 9.05. The van der Waals surface area contributed by atoms with Crippen LogP contribution in [0.1, 0.15) is 25.7 Å². The summed E-state index contributed by atoms with van der Waals surface area (Å²) in [6, 6.07) is 5.31. The van der Waals surface area contributed by atoms with Gasteiger partial charge in [-0.2, -0.15) is 0 Å². The standard InChI is InChI=1S/C13H18Cl2N2O2S/c14-10-7-11(15)9-13(8-10)17-20(18,19)6-2-1-5-16-12-3-4-12/h7-9,12,16-17H,1-6H2. The van der Waals surface area contributed by atoms with Gasteiger partial charge in [0.05, 0.1) is 11.4 Å². The Bertz CT molecular complexity index is 539. The molecule has 0 unspecified atom stereocenters. The van der Waals surface area contributed by atoms with Crippen molar-refractivity contribution in [3.05, 3.63) is 28.2 Å². The van der Waals surface area contributed by atoms with E-state index in [1.165, 1.54) is 12.8 Å². The number of unbranched alkanes of at least 4 members (excludes halogenated alkanes) is 1. The molecular formula is C13H18Cl2N2O2S. The average molecular weight is 337 g/mol. The molecule has 0 spiro atoms. The number of sulfonamides is 1. The minimum Gasteiger partial charge on any atom is -0.314 e. The molecule has 0 radical (unpaired) electrons. The molecule has 7 heteroatoms. The summed E-state index contributed by atoms with van der Waals surface area (Å²) in [4.78, 5) is 0. The van der Waals surface area contributed by atoms with Crippen LogP contribution in [0.15, 0.2) is 18.2 Å². The summed E-state index contributed by atoms with van der Waals surface area (Å²) in [7, 11) is -3.35. The first-order valence-electron chi connectivity index (χ1n) is 6.64. The molecular weight excluding hydrogens is 319 g/mol. The fraction of sp³-hybridized carbons (Fsp3) is 0.538. The number of anilines is 1. The SMILES string of the molecule is O=S(=O)(CCCCNC1CC1)Nc1cc(Cl)cc(Cl)c1. The van der Waals surface area contributed by atoms with E-state index in [1.54, 1.807) is 18.2 Å². The molecule has 4 nitrogen and oxygen atoms in total. The quantitative estimate of drug-likeness (QED) is 0.716. The van der Waals surface area contributed by atoms with Gasteiger partial charge in [0.2, 0.25) is 10.0 Å². The molecule has 1 saturated carbocycles. The second-order valence-electron chi connectivity index (χ2n) is 5.01. The van der Waals surface area contributed by atoms with Gasteiger partial charge >= 0.3 is 0 Å². The summed E-state index contributed by atoms with van der Waals surface area (Å²) in [5, 5.41) is 4.17. The average Bonchev–Trinajstić information content (AvgIpc) is 3.10. The molecule has 0 bridgehead atoms. The third-order valence-electron chi connectivity index (χ3n) is 2.99. The Morgan fingerprint density at radius 3 is 2.35 bits per heavy atom. The molecule has 0 heterocycles. The Labute approximate surface area is 129 Å². The van der Waals surface area contributed by atoms with E-state index in [-0.39, 0.29) is 5.75 Å². The molecule has 0 saturated heterocycles. The van der Waals surface area contributed by atoms with E-state index < -0.39 is 10.0 Å². The number of benzene rings is 1. The second-order valence-corrected chi connectivity index (χ2v) is 7.73. The van der Waals surface area contributed by atoms with Crippen molar-refractivity contribution in [2.24, 2.45) is 0 Å². The van der Waals surface area contributed by atoms with E-state index in [0.29, 0.717) is 28.2 Å². The zero-order chi connectivity index (χ0) is 14.6. The third-order valence-corrected chi connectivity index (χ3v) is 4.80. The molecule has 0 amide bonds. The predicted octanol–water partition coefficient (Wildman–Crippen LogP) is 3.27. The monoisotopic (exact) mass is 336 g/mol. The van der Waals surface area contributed by atoms with Crippen LogP contribution in [0, 0.1) is 0 Å². The molecule has 1 aliphatic rings. The first-order chi connectivity index (χ1) is 9.44. The second kappa shape index (κ2) is 6.98. The molecule has 0 atom stereocenters. The maximum atomic E-state index is 11.9. The molecule has 0 aromatic heterocycles. The van der Waals surface area contributed by atoms with Crippen molar-refractivity contribution in [1.29, 1.82) is 0 Å². The minimum atomic E-state index is -3.35. The summed E-state index contributed by atoms with van der Waals surface area (Å²) < 4.78 is 26.3. The maximum absolute atomic E-state index is 11.9. The lowest BCUT2D eigenvalue weighted by Gasteiger charge is -2.09. The van der Waals surface area contributed by atoms with E-state index in [4.69, 9.17) is 23.2 Å². The van der Waals surface area contributed by atoms with Crippen molar-refractivity contribution < 1.29 is 8.42 Å². The van der Waals surface area contributed by atoms with Gasteiger partial charge in [0.25, 0.3) is 0 Å². The van der Waals surface area contributed by atoms with Crippen molar-refractivity contribution in [1.82, 2.24) is 5.32 Å². The summed E-state index contributed by atoms with van der Waals surface area (Å²) in [6.07, 6.45) is 3.97. The Morgan fingerprint density at radius 1 is 1.10 bits per heavy atom. The van der Waals surface area contributed by atoms with Crippen LogP contribution in [0.4, 0.5) is 5.69 Å². The van der Waals surface area contributed by atoms with Gasteiger partial charge in [0, 0.05) is 16.1 Å². The van der Waals surface area contributed by atoms with E-state index in [1.807, 2.05) is 0 Å². The lowest BCUT2D eigenvalue weighted by molar-refractivity contribution is 0.591. The van der Waals surface area contributed by atoms with Gasteiger partial charge in [0.15, 0.2) is 0 Å². The normalized spacial score (nSPS) is 15.3. The van der Waals surface area contributed by atoms with Gasteiger partial charge in [-0.05, 0) is 50.4 Å². The lowest BCUT2D eigenvalue weighted by Crippen LogP contribution is -2.20. The summed E-state index contributed by atoms with van der Waals surface area (Å²) in [6.45, 7) is 0.878. The smallest absolute Gasteiger partial charge is 0.232 e. The maximum Gasteiger partial charge on any atom is 0.232 e. The van der Waals surface area contributed by atoms with Gasteiger partial charge < -0.3 is 5.32 Å². The van der Waals surface area contributed by atoms with Crippen molar-refractivity contribution in [3.8, 4) is 0 Å². The summed E-state index contributed by atoms with van der Waals surface area (Å²) >= 11 is 11.7. The topological polar surface area (TPSA) is 58.2 Å². The fourth-order valence-corrected chi connectivity index (χ4v) is 3.54. The Hall–Kier alpha value is -0.490. The van der Waals surface area contributed by atoms with Crippen molar-refractivity contribution in [2.45, 2.75) is 31.7 Å². The lowest BCUT2D eigenvalue weighted by atomic mass is 10.3. The zero-order valence-electron chi connectivity index (χ0n) is 11.0. The minimum absolute atomic E-state index is 0.101. The molecule has 20 heavy (non-hydrogen) atoms. The van der Waals surface area contributed by atoms with Crippen LogP contribution in [0.25, 0.3) is 0 Å². The molecule has 112 valence electrons. The van der Waals surface area contributed by atoms with Gasteiger partial charge in [-0.25, -0.2) is 8.42 Å². The highest BCUT2D eigenvalue weighted by molar-refractivity contribution is 7.92. The van der Waals surface area contributed by atoms with Crippen LogP contribution in [0.3, 0.4) is 0 Å². The van der Waals surface area contributed by atoms with Gasteiger partial charge in [-0.15, -0.1) is 0 Å². The van der Waals surface area contributed by atoms with Crippen LogP contribution in [0.5, 0.6) is 0 Å². The van der Waals surface area contributed by atoms with Crippen molar-refractivity contribution in [3.63, 3.8) is 0 Å². The highest BCUT2D eigenvalue weighted by atomic mass is 35.5. The molecule has 1 aromatic rings.